The molecule has 0 saturated heterocycles. The normalized spacial score (nSPS) is 11.4. The summed E-state index contributed by atoms with van der Waals surface area (Å²) in [5, 5.41) is 0. The van der Waals surface area contributed by atoms with Crippen LogP contribution in [0, 0.1) is 12.3 Å². The van der Waals surface area contributed by atoms with Gasteiger partial charge in [0.1, 0.15) is 5.75 Å². The summed E-state index contributed by atoms with van der Waals surface area (Å²) in [6, 6.07) is 5.10. The van der Waals surface area contributed by atoms with Crippen molar-refractivity contribution in [2.75, 3.05) is 7.11 Å². The van der Waals surface area contributed by atoms with E-state index in [2.05, 4.69) is 24.0 Å². The number of carbonyl (C=O) groups is 2. The van der Waals surface area contributed by atoms with Crippen molar-refractivity contribution < 1.29 is 19.2 Å². The summed E-state index contributed by atoms with van der Waals surface area (Å²) in [6.07, 6.45) is 8.02. The molecule has 0 radical (unpaired) electrons. The Bertz CT molecular complexity index is 639. The van der Waals surface area contributed by atoms with Crippen LogP contribution in [0.3, 0.4) is 0 Å². The first-order chi connectivity index (χ1) is 12.3. The van der Waals surface area contributed by atoms with Gasteiger partial charge >= 0.3 is 5.97 Å². The van der Waals surface area contributed by atoms with Crippen LogP contribution < -0.4 is 15.8 Å². The lowest BCUT2D eigenvalue weighted by Crippen LogP contribution is -2.45. The van der Waals surface area contributed by atoms with Crippen LogP contribution in [-0.4, -0.2) is 19.0 Å². The molecule has 6 heteroatoms. The maximum Gasteiger partial charge on any atom is 0.358 e. The standard InChI is InChI=1S/C20H30N2O4/c1-6-7-8-9-10-14-20(3,4)19(24)21-22-26-18(23)16-12-11-13-17(25-5)15(16)2/h9-13,22H,6-8,14H2,1-5H3,(H,21,24). The summed E-state index contributed by atoms with van der Waals surface area (Å²) in [6.45, 7) is 7.58. The van der Waals surface area contributed by atoms with Crippen molar-refractivity contribution in [2.45, 2.75) is 53.4 Å². The minimum absolute atomic E-state index is 0.257. The molecule has 1 aromatic rings. The first-order valence-electron chi connectivity index (χ1n) is 8.88. The molecule has 1 aromatic carbocycles. The van der Waals surface area contributed by atoms with E-state index < -0.39 is 11.4 Å². The van der Waals surface area contributed by atoms with Crippen LogP contribution in [0.15, 0.2) is 30.4 Å². The molecule has 2 N–H and O–H groups in total. The zero-order chi connectivity index (χ0) is 19.6. The maximum absolute atomic E-state index is 12.3. The lowest BCUT2D eigenvalue weighted by Gasteiger charge is -2.21. The number of nitrogens with one attached hydrogen (secondary N) is 2. The van der Waals surface area contributed by atoms with Crippen LogP contribution in [0.1, 0.15) is 62.4 Å². The number of carbonyl (C=O) groups excluding carboxylic acids is 2. The van der Waals surface area contributed by atoms with Crippen molar-refractivity contribution in [3.8, 4) is 5.75 Å². The number of hydrazine groups is 1. The Kier molecular flexibility index (Phi) is 8.85. The van der Waals surface area contributed by atoms with Gasteiger partial charge < -0.3 is 9.57 Å². The molecule has 0 aromatic heterocycles. The van der Waals surface area contributed by atoms with E-state index in [4.69, 9.17) is 9.57 Å². The number of allylic oxidation sites excluding steroid dienone is 2. The Labute approximate surface area is 155 Å². The summed E-state index contributed by atoms with van der Waals surface area (Å²) in [7, 11) is 1.54. The minimum atomic E-state index is -0.617. The molecule has 1 amide bonds. The first-order valence-corrected chi connectivity index (χ1v) is 8.88. The van der Waals surface area contributed by atoms with Gasteiger partial charge in [0.2, 0.25) is 5.91 Å². The van der Waals surface area contributed by atoms with E-state index in [1.807, 2.05) is 19.9 Å². The van der Waals surface area contributed by atoms with Crippen molar-refractivity contribution in [1.29, 1.82) is 0 Å². The second-order valence-electron chi connectivity index (χ2n) is 6.78. The van der Waals surface area contributed by atoms with E-state index in [-0.39, 0.29) is 5.91 Å². The largest absolute Gasteiger partial charge is 0.496 e. The Balaban J connectivity index is 2.50. The van der Waals surface area contributed by atoms with Gasteiger partial charge in [-0.2, -0.15) is 0 Å². The molecule has 0 unspecified atom stereocenters. The number of benzene rings is 1. The highest BCUT2D eigenvalue weighted by molar-refractivity contribution is 5.91. The predicted octanol–water partition coefficient (Wildman–Crippen LogP) is 3.86. The van der Waals surface area contributed by atoms with Gasteiger partial charge in [0.15, 0.2) is 0 Å². The average Bonchev–Trinajstić information content (AvgIpc) is 2.61. The summed E-state index contributed by atoms with van der Waals surface area (Å²) >= 11 is 0. The highest BCUT2D eigenvalue weighted by Gasteiger charge is 2.26. The molecule has 0 atom stereocenters. The maximum atomic E-state index is 12.3. The molecule has 0 heterocycles. The smallest absolute Gasteiger partial charge is 0.358 e. The van der Waals surface area contributed by atoms with Gasteiger partial charge in [-0.15, -0.1) is 0 Å². The van der Waals surface area contributed by atoms with Crippen LogP contribution in [0.4, 0.5) is 0 Å². The number of methoxy groups -OCH3 is 1. The fourth-order valence-electron chi connectivity index (χ4n) is 2.31. The number of amides is 1. The molecule has 26 heavy (non-hydrogen) atoms. The number of hydrogen-bond donors (Lipinski definition) is 2. The van der Waals surface area contributed by atoms with Gasteiger partial charge in [0.05, 0.1) is 12.7 Å². The molecule has 0 aliphatic carbocycles. The Morgan fingerprint density at radius 3 is 2.62 bits per heavy atom. The van der Waals surface area contributed by atoms with Gasteiger partial charge in [0, 0.05) is 11.0 Å². The monoisotopic (exact) mass is 362 g/mol. The van der Waals surface area contributed by atoms with E-state index in [1.165, 1.54) is 7.11 Å². The zero-order valence-electron chi connectivity index (χ0n) is 16.3. The summed E-state index contributed by atoms with van der Waals surface area (Å²) in [4.78, 5) is 29.3. The fourth-order valence-corrected chi connectivity index (χ4v) is 2.31. The van der Waals surface area contributed by atoms with E-state index in [0.717, 1.165) is 19.3 Å². The number of ether oxygens (including phenoxy) is 1. The molecular weight excluding hydrogens is 332 g/mol. The first kappa shape index (κ1) is 21.7. The Hall–Kier alpha value is -2.34. The third-order valence-electron chi connectivity index (χ3n) is 4.17. The summed E-state index contributed by atoms with van der Waals surface area (Å²) in [5.74, 6) is -0.258. The Morgan fingerprint density at radius 1 is 1.23 bits per heavy atom. The molecule has 0 saturated carbocycles. The molecule has 0 fully saturated rings. The van der Waals surface area contributed by atoms with Crippen molar-refractivity contribution in [3.63, 3.8) is 0 Å². The predicted molar refractivity (Wildman–Crippen MR) is 101 cm³/mol. The van der Waals surface area contributed by atoms with E-state index in [1.54, 1.807) is 25.1 Å². The van der Waals surface area contributed by atoms with Crippen molar-refractivity contribution in [2.24, 2.45) is 5.41 Å². The number of hydrogen-bond acceptors (Lipinski definition) is 5. The molecule has 1 rings (SSSR count). The quantitative estimate of drug-likeness (QED) is 0.375. The zero-order valence-corrected chi connectivity index (χ0v) is 16.3. The van der Waals surface area contributed by atoms with Gasteiger partial charge in [-0.1, -0.05) is 57.4 Å². The molecule has 0 bridgehead atoms. The molecule has 6 nitrogen and oxygen atoms in total. The fraction of sp³-hybridized carbons (Fsp3) is 0.500. The van der Waals surface area contributed by atoms with Crippen LogP contribution >= 0.6 is 0 Å². The SMILES string of the molecule is CCCCC=CCC(C)(C)C(=O)NNOC(=O)c1cccc(OC)c1C. The van der Waals surface area contributed by atoms with Crippen LogP contribution in [-0.2, 0) is 9.63 Å². The van der Waals surface area contributed by atoms with E-state index >= 15 is 0 Å². The van der Waals surface area contributed by atoms with Gasteiger partial charge in [-0.05, 0) is 31.9 Å². The second-order valence-corrected chi connectivity index (χ2v) is 6.78. The lowest BCUT2D eigenvalue weighted by atomic mass is 9.88. The Morgan fingerprint density at radius 2 is 1.96 bits per heavy atom. The molecule has 144 valence electrons. The topological polar surface area (TPSA) is 76.7 Å². The van der Waals surface area contributed by atoms with Gasteiger partial charge in [0.25, 0.3) is 0 Å². The molecule has 0 spiro atoms. The third-order valence-corrected chi connectivity index (χ3v) is 4.17. The lowest BCUT2D eigenvalue weighted by molar-refractivity contribution is -0.133. The van der Waals surface area contributed by atoms with E-state index in [0.29, 0.717) is 23.3 Å². The molecule has 0 aliphatic heterocycles. The van der Waals surface area contributed by atoms with Gasteiger partial charge in [-0.3, -0.25) is 10.2 Å². The second kappa shape index (κ2) is 10.6. The van der Waals surface area contributed by atoms with Gasteiger partial charge in [-0.25, -0.2) is 4.79 Å². The highest BCUT2D eigenvalue weighted by Crippen LogP contribution is 2.22. The van der Waals surface area contributed by atoms with Crippen LogP contribution in [0.25, 0.3) is 0 Å². The van der Waals surface area contributed by atoms with Crippen LogP contribution in [0.5, 0.6) is 5.75 Å². The van der Waals surface area contributed by atoms with Crippen LogP contribution in [0.2, 0.25) is 0 Å². The molecule has 0 aliphatic rings. The van der Waals surface area contributed by atoms with E-state index in [9.17, 15) is 9.59 Å². The highest BCUT2D eigenvalue weighted by atomic mass is 16.7. The average molecular weight is 362 g/mol. The molecular formula is C20H30N2O4. The number of unbranched alkanes of at least 4 members (excludes halogenated alkanes) is 2. The summed E-state index contributed by atoms with van der Waals surface area (Å²) in [5.41, 5.74) is 5.10. The van der Waals surface area contributed by atoms with Crippen molar-refractivity contribution in [3.05, 3.63) is 41.5 Å². The summed E-state index contributed by atoms with van der Waals surface area (Å²) < 4.78 is 5.18. The minimum Gasteiger partial charge on any atom is -0.496 e. The van der Waals surface area contributed by atoms with Crippen molar-refractivity contribution in [1.82, 2.24) is 11.0 Å². The third kappa shape index (κ3) is 6.52. The van der Waals surface area contributed by atoms with Crippen molar-refractivity contribution >= 4 is 11.9 Å². The number of rotatable bonds is 10.